The largest absolute Gasteiger partial charge is 0.383 e. The van der Waals surface area contributed by atoms with Crippen LogP contribution in [-0.2, 0) is 24.1 Å². The second kappa shape index (κ2) is 6.31. The second-order valence-electron chi connectivity index (χ2n) is 5.74. The number of methoxy groups -OCH3 is 1. The summed E-state index contributed by atoms with van der Waals surface area (Å²) in [4.78, 5) is 4.61. The fraction of sp³-hybridized carbons (Fsp3) is 0.471. The molecule has 3 rings (SSSR count). The number of nitrogens with one attached hydrogen (secondary N) is 1. The summed E-state index contributed by atoms with van der Waals surface area (Å²) in [6, 6.07) is 9.21. The molecule has 1 unspecified atom stereocenters. The number of anilines is 1. The zero-order chi connectivity index (χ0) is 14.7. The van der Waals surface area contributed by atoms with E-state index in [0.717, 1.165) is 37.4 Å². The van der Waals surface area contributed by atoms with Crippen molar-refractivity contribution in [2.45, 2.75) is 38.8 Å². The number of imidazole rings is 1. The van der Waals surface area contributed by atoms with Gasteiger partial charge in [-0.25, -0.2) is 4.98 Å². The van der Waals surface area contributed by atoms with Gasteiger partial charge in [0.25, 0.3) is 0 Å². The first-order valence-corrected chi connectivity index (χ1v) is 7.62. The number of aryl methyl sites for hydroxylation is 2. The Balaban J connectivity index is 1.70. The van der Waals surface area contributed by atoms with E-state index in [0.29, 0.717) is 12.6 Å². The lowest BCUT2D eigenvalue weighted by molar-refractivity contribution is 0.187. The van der Waals surface area contributed by atoms with Crippen LogP contribution in [0.2, 0.25) is 0 Å². The Morgan fingerprint density at radius 1 is 1.33 bits per heavy atom. The minimum Gasteiger partial charge on any atom is -0.383 e. The molecule has 2 aromatic rings. The molecule has 0 bridgehead atoms. The predicted octanol–water partition coefficient (Wildman–Crippen LogP) is 2.81. The Hall–Kier alpha value is -1.81. The third kappa shape index (κ3) is 3.27. The molecule has 0 saturated heterocycles. The number of ether oxygens (including phenoxy) is 1. The van der Waals surface area contributed by atoms with Crippen LogP contribution in [0.5, 0.6) is 0 Å². The number of benzene rings is 1. The molecule has 1 heterocycles. The standard InChI is InChI=1S/C17H23N3O/c1-13-12-20(9-10-21-2)17(18-13)19-16-8-7-14-5-3-4-6-15(14)11-16/h3-6,12,16H,7-11H2,1-2H3,(H,18,19). The van der Waals surface area contributed by atoms with Crippen LogP contribution in [0.25, 0.3) is 0 Å². The van der Waals surface area contributed by atoms with Gasteiger partial charge < -0.3 is 14.6 Å². The molecule has 0 amide bonds. The van der Waals surface area contributed by atoms with Crippen molar-refractivity contribution < 1.29 is 4.74 Å². The van der Waals surface area contributed by atoms with Gasteiger partial charge in [0.1, 0.15) is 0 Å². The third-order valence-electron chi connectivity index (χ3n) is 4.11. The highest BCUT2D eigenvalue weighted by atomic mass is 16.5. The van der Waals surface area contributed by atoms with Gasteiger partial charge in [0, 0.05) is 25.9 Å². The topological polar surface area (TPSA) is 39.1 Å². The normalized spacial score (nSPS) is 17.5. The van der Waals surface area contributed by atoms with Crippen LogP contribution in [0.3, 0.4) is 0 Å². The van der Waals surface area contributed by atoms with Crippen molar-refractivity contribution in [3.8, 4) is 0 Å². The van der Waals surface area contributed by atoms with Gasteiger partial charge in [-0.3, -0.25) is 0 Å². The van der Waals surface area contributed by atoms with Crippen LogP contribution in [0.4, 0.5) is 5.95 Å². The minimum atomic E-state index is 0.461. The van der Waals surface area contributed by atoms with Gasteiger partial charge in [0.2, 0.25) is 5.95 Å². The molecule has 1 aliphatic carbocycles. The zero-order valence-corrected chi connectivity index (χ0v) is 12.8. The highest BCUT2D eigenvalue weighted by Gasteiger charge is 2.19. The highest BCUT2D eigenvalue weighted by molar-refractivity contribution is 5.36. The SMILES string of the molecule is COCCn1cc(C)nc1NC1CCc2ccccc2C1. The smallest absolute Gasteiger partial charge is 0.203 e. The molecule has 21 heavy (non-hydrogen) atoms. The Labute approximate surface area is 126 Å². The third-order valence-corrected chi connectivity index (χ3v) is 4.11. The zero-order valence-electron chi connectivity index (χ0n) is 12.8. The molecule has 0 fully saturated rings. The van der Waals surface area contributed by atoms with E-state index in [1.54, 1.807) is 7.11 Å². The Morgan fingerprint density at radius 2 is 2.14 bits per heavy atom. The fourth-order valence-electron chi connectivity index (χ4n) is 3.03. The molecule has 0 aliphatic heterocycles. The summed E-state index contributed by atoms with van der Waals surface area (Å²) in [5, 5.41) is 3.62. The van der Waals surface area contributed by atoms with Crippen molar-refractivity contribution >= 4 is 5.95 Å². The number of aromatic nitrogens is 2. The molecule has 1 aromatic carbocycles. The summed E-state index contributed by atoms with van der Waals surface area (Å²) in [7, 11) is 1.73. The average molecular weight is 285 g/mol. The Kier molecular flexibility index (Phi) is 4.25. The van der Waals surface area contributed by atoms with Gasteiger partial charge in [0.05, 0.1) is 12.3 Å². The van der Waals surface area contributed by atoms with Crippen molar-refractivity contribution in [3.05, 3.63) is 47.3 Å². The van der Waals surface area contributed by atoms with Crippen molar-refractivity contribution in [2.24, 2.45) is 0 Å². The lowest BCUT2D eigenvalue weighted by Gasteiger charge is -2.26. The summed E-state index contributed by atoms with van der Waals surface area (Å²) in [6.45, 7) is 3.58. The fourth-order valence-corrected chi connectivity index (χ4v) is 3.03. The van der Waals surface area contributed by atoms with Crippen LogP contribution >= 0.6 is 0 Å². The lowest BCUT2D eigenvalue weighted by atomic mass is 9.88. The summed E-state index contributed by atoms with van der Waals surface area (Å²) >= 11 is 0. The number of rotatable bonds is 5. The van der Waals surface area contributed by atoms with E-state index >= 15 is 0 Å². The predicted molar refractivity (Wildman–Crippen MR) is 84.7 cm³/mol. The first kappa shape index (κ1) is 14.1. The van der Waals surface area contributed by atoms with Crippen molar-refractivity contribution in [3.63, 3.8) is 0 Å². The lowest BCUT2D eigenvalue weighted by Crippen LogP contribution is -2.29. The van der Waals surface area contributed by atoms with E-state index in [1.165, 1.54) is 11.1 Å². The van der Waals surface area contributed by atoms with E-state index in [9.17, 15) is 0 Å². The van der Waals surface area contributed by atoms with Gasteiger partial charge in [-0.2, -0.15) is 0 Å². The molecule has 0 saturated carbocycles. The van der Waals surface area contributed by atoms with Crippen molar-refractivity contribution in [1.29, 1.82) is 0 Å². The van der Waals surface area contributed by atoms with E-state index in [4.69, 9.17) is 4.74 Å². The van der Waals surface area contributed by atoms with Gasteiger partial charge in [-0.1, -0.05) is 24.3 Å². The van der Waals surface area contributed by atoms with Crippen LogP contribution in [0, 0.1) is 6.92 Å². The van der Waals surface area contributed by atoms with Gasteiger partial charge >= 0.3 is 0 Å². The van der Waals surface area contributed by atoms with Crippen LogP contribution in [-0.4, -0.2) is 29.3 Å². The maximum absolute atomic E-state index is 5.17. The molecule has 112 valence electrons. The summed E-state index contributed by atoms with van der Waals surface area (Å²) in [5.41, 5.74) is 4.01. The first-order valence-electron chi connectivity index (χ1n) is 7.62. The summed E-state index contributed by atoms with van der Waals surface area (Å²) < 4.78 is 7.32. The van der Waals surface area contributed by atoms with Crippen LogP contribution in [0.1, 0.15) is 23.2 Å². The number of hydrogen-bond acceptors (Lipinski definition) is 3. The van der Waals surface area contributed by atoms with E-state index in [2.05, 4.69) is 45.3 Å². The quantitative estimate of drug-likeness (QED) is 0.918. The highest BCUT2D eigenvalue weighted by Crippen LogP contribution is 2.23. The minimum absolute atomic E-state index is 0.461. The molecule has 1 N–H and O–H groups in total. The van der Waals surface area contributed by atoms with Gasteiger partial charge in [-0.15, -0.1) is 0 Å². The average Bonchev–Trinajstić information content (AvgIpc) is 2.84. The molecule has 0 spiro atoms. The summed E-state index contributed by atoms with van der Waals surface area (Å²) in [5.74, 6) is 0.967. The van der Waals surface area contributed by atoms with E-state index in [-0.39, 0.29) is 0 Å². The monoisotopic (exact) mass is 285 g/mol. The van der Waals surface area contributed by atoms with Crippen molar-refractivity contribution in [2.75, 3.05) is 19.0 Å². The number of nitrogens with zero attached hydrogens (tertiary/aromatic N) is 2. The first-order chi connectivity index (χ1) is 10.3. The Bertz CT molecular complexity index is 606. The van der Waals surface area contributed by atoms with Gasteiger partial charge in [-0.05, 0) is 37.3 Å². The Morgan fingerprint density at radius 3 is 2.95 bits per heavy atom. The maximum atomic E-state index is 5.17. The molecule has 1 aromatic heterocycles. The molecular weight excluding hydrogens is 262 g/mol. The molecule has 4 heteroatoms. The van der Waals surface area contributed by atoms with Crippen LogP contribution < -0.4 is 5.32 Å². The number of hydrogen-bond donors (Lipinski definition) is 1. The van der Waals surface area contributed by atoms with Gasteiger partial charge in [0.15, 0.2) is 0 Å². The molecule has 0 radical (unpaired) electrons. The molecule has 1 aliphatic rings. The second-order valence-corrected chi connectivity index (χ2v) is 5.74. The summed E-state index contributed by atoms with van der Waals surface area (Å²) in [6.07, 6.45) is 5.46. The maximum Gasteiger partial charge on any atom is 0.203 e. The van der Waals surface area contributed by atoms with Crippen molar-refractivity contribution in [1.82, 2.24) is 9.55 Å². The van der Waals surface area contributed by atoms with E-state index < -0.39 is 0 Å². The molecule has 4 nitrogen and oxygen atoms in total. The van der Waals surface area contributed by atoms with E-state index in [1.807, 2.05) is 6.92 Å². The number of fused-ring (bicyclic) bond motifs is 1. The molecular formula is C17H23N3O. The van der Waals surface area contributed by atoms with Crippen LogP contribution in [0.15, 0.2) is 30.5 Å². The molecule has 1 atom stereocenters.